The topological polar surface area (TPSA) is 107 Å². The van der Waals surface area contributed by atoms with Gasteiger partial charge < -0.3 is 9.90 Å². The fraction of sp³-hybridized carbons (Fsp3) is 0.667. The molecule has 2 aliphatic rings. The van der Waals surface area contributed by atoms with Gasteiger partial charge in [-0.2, -0.15) is 4.31 Å². The van der Waals surface area contributed by atoms with Crippen LogP contribution in [0.1, 0.15) is 53.4 Å². The third kappa shape index (κ3) is 5.44. The zero-order valence-corrected chi connectivity index (χ0v) is 21.1. The highest BCUT2D eigenvalue weighted by Gasteiger charge is 2.48. The van der Waals surface area contributed by atoms with E-state index in [2.05, 4.69) is 5.32 Å². The first kappa shape index (κ1) is 26.6. The van der Waals surface area contributed by atoms with E-state index in [1.165, 1.54) is 21.3 Å². The minimum atomic E-state index is -3.75. The van der Waals surface area contributed by atoms with Crippen LogP contribution in [0.5, 0.6) is 0 Å². The summed E-state index contributed by atoms with van der Waals surface area (Å²) >= 11 is 0. The van der Waals surface area contributed by atoms with Crippen LogP contribution in [0, 0.1) is 23.6 Å². The number of aldehydes is 1. The molecule has 3 rings (SSSR count). The highest BCUT2D eigenvalue weighted by molar-refractivity contribution is 7.89. The number of carbonyl (C=O) groups excluding carboxylic acids is 1. The lowest BCUT2D eigenvalue weighted by atomic mass is 9.93. The fourth-order valence-electron chi connectivity index (χ4n) is 5.45. The van der Waals surface area contributed by atoms with Crippen LogP contribution in [0.3, 0.4) is 0 Å². The maximum Gasteiger partial charge on any atom is 0.409 e. The van der Waals surface area contributed by atoms with Gasteiger partial charge in [-0.3, -0.25) is 10.2 Å². The Hall–Kier alpha value is -2.04. The molecule has 0 bridgehead atoms. The van der Waals surface area contributed by atoms with E-state index in [0.29, 0.717) is 19.5 Å². The zero-order chi connectivity index (χ0) is 25.3. The van der Waals surface area contributed by atoms with Gasteiger partial charge in [0, 0.05) is 30.6 Å². The molecule has 0 spiro atoms. The predicted molar refractivity (Wildman–Crippen MR) is 126 cm³/mol. The number of carboxylic acid groups (broad SMARTS) is 1. The Bertz CT molecular complexity index is 979. The molecule has 0 aromatic heterocycles. The van der Waals surface area contributed by atoms with Crippen molar-refractivity contribution in [2.45, 2.75) is 76.0 Å². The van der Waals surface area contributed by atoms with E-state index in [1.54, 1.807) is 20.8 Å². The van der Waals surface area contributed by atoms with Crippen molar-refractivity contribution in [1.29, 1.82) is 0 Å². The van der Waals surface area contributed by atoms with Gasteiger partial charge in [0.1, 0.15) is 12.1 Å². The molecule has 2 fully saturated rings. The number of benzene rings is 1. The van der Waals surface area contributed by atoms with Gasteiger partial charge in [0.25, 0.3) is 0 Å². The quantitative estimate of drug-likeness (QED) is 0.399. The van der Waals surface area contributed by atoms with E-state index in [4.69, 9.17) is 0 Å². The van der Waals surface area contributed by atoms with Gasteiger partial charge in [-0.15, -0.1) is 0 Å². The summed E-state index contributed by atoms with van der Waals surface area (Å²) in [5.41, 5.74) is -0.732. The van der Waals surface area contributed by atoms with Gasteiger partial charge in [-0.1, -0.05) is 13.3 Å². The molecular weight excluding hydrogens is 461 g/mol. The van der Waals surface area contributed by atoms with Crippen molar-refractivity contribution in [2.75, 3.05) is 13.1 Å². The van der Waals surface area contributed by atoms with Crippen LogP contribution in [0.25, 0.3) is 0 Å². The smallest absolute Gasteiger partial charge is 0.409 e. The first-order chi connectivity index (χ1) is 15.9. The second-order valence-electron chi connectivity index (χ2n) is 10.4. The maximum atomic E-state index is 13.3. The molecule has 2 N–H and O–H groups in total. The minimum absolute atomic E-state index is 0.00210. The summed E-state index contributed by atoms with van der Waals surface area (Å²) in [5, 5.41) is 13.5. The minimum Gasteiger partial charge on any atom is -0.465 e. The first-order valence-electron chi connectivity index (χ1n) is 11.9. The van der Waals surface area contributed by atoms with Crippen LogP contribution in [0.4, 0.5) is 9.18 Å². The SMILES string of the molecule is CCCC(C=O)[C@@H](N[C@@H]1CC[C@H]2CN(S(=O)(=O)c3ccc(F)cc3)C[C@H]21)N(C(=O)O)C(C)(C)C. The number of amides is 1. The van der Waals surface area contributed by atoms with Gasteiger partial charge in [0.05, 0.1) is 11.1 Å². The molecule has 10 heteroatoms. The van der Waals surface area contributed by atoms with Gasteiger partial charge in [-0.25, -0.2) is 17.6 Å². The second kappa shape index (κ2) is 10.3. The molecule has 0 radical (unpaired) electrons. The number of hydrogen-bond acceptors (Lipinski definition) is 5. The zero-order valence-electron chi connectivity index (χ0n) is 20.3. The van der Waals surface area contributed by atoms with Gasteiger partial charge >= 0.3 is 6.09 Å². The Morgan fingerprint density at radius 2 is 1.91 bits per heavy atom. The standard InChI is InChI=1S/C24H36FN3O5S/c1-5-6-17(15-29)22(28(23(30)31)24(2,3)4)26-21-12-7-16-13-27(14-20(16)21)34(32,33)19-10-8-18(25)9-11-19/h8-11,15-17,20-22,26H,5-7,12-14H2,1-4H3,(H,30,31)/t16-,17?,20+,21+,22-/m0/s1. The lowest BCUT2D eigenvalue weighted by Crippen LogP contribution is -2.62. The Kier molecular flexibility index (Phi) is 8.04. The molecule has 190 valence electrons. The van der Waals surface area contributed by atoms with E-state index >= 15 is 0 Å². The number of nitrogens with zero attached hydrogens (tertiary/aromatic N) is 2. The molecule has 1 heterocycles. The van der Waals surface area contributed by atoms with Crippen LogP contribution in [0.2, 0.25) is 0 Å². The number of rotatable bonds is 9. The summed E-state index contributed by atoms with van der Waals surface area (Å²) in [7, 11) is -3.75. The molecule has 5 atom stereocenters. The van der Waals surface area contributed by atoms with Crippen LogP contribution >= 0.6 is 0 Å². The summed E-state index contributed by atoms with van der Waals surface area (Å²) in [5.74, 6) is -0.865. The van der Waals surface area contributed by atoms with Crippen LogP contribution < -0.4 is 5.32 Å². The highest BCUT2D eigenvalue weighted by Crippen LogP contribution is 2.41. The maximum absolute atomic E-state index is 13.3. The van der Waals surface area contributed by atoms with Crippen molar-refractivity contribution in [1.82, 2.24) is 14.5 Å². The van der Waals surface area contributed by atoms with Crippen molar-refractivity contribution in [2.24, 2.45) is 17.8 Å². The molecule has 1 aromatic carbocycles. The Labute approximate surface area is 201 Å². The molecule has 1 aromatic rings. The molecule has 1 unspecified atom stereocenters. The average Bonchev–Trinajstić information content (AvgIpc) is 3.33. The number of nitrogens with one attached hydrogen (secondary N) is 1. The van der Waals surface area contributed by atoms with E-state index in [9.17, 15) is 27.5 Å². The second-order valence-corrected chi connectivity index (χ2v) is 12.3. The van der Waals surface area contributed by atoms with E-state index in [-0.39, 0.29) is 22.8 Å². The normalized spacial score (nSPS) is 25.0. The Balaban J connectivity index is 1.83. The third-order valence-electron chi connectivity index (χ3n) is 7.07. The molecular formula is C24H36FN3O5S. The van der Waals surface area contributed by atoms with Crippen molar-refractivity contribution >= 4 is 22.4 Å². The fourth-order valence-corrected chi connectivity index (χ4v) is 6.98. The van der Waals surface area contributed by atoms with Crippen molar-refractivity contribution < 1.29 is 27.5 Å². The third-order valence-corrected chi connectivity index (χ3v) is 8.91. The number of carbonyl (C=O) groups is 2. The lowest BCUT2D eigenvalue weighted by Gasteiger charge is -2.44. The Morgan fingerprint density at radius 1 is 1.26 bits per heavy atom. The molecule has 34 heavy (non-hydrogen) atoms. The molecule has 1 amide bonds. The molecule has 1 saturated heterocycles. The summed E-state index contributed by atoms with van der Waals surface area (Å²) in [6.45, 7) is 8.03. The number of hydrogen-bond donors (Lipinski definition) is 2. The summed E-state index contributed by atoms with van der Waals surface area (Å²) in [4.78, 5) is 25.6. The Morgan fingerprint density at radius 3 is 2.44 bits per heavy atom. The highest BCUT2D eigenvalue weighted by atomic mass is 32.2. The van der Waals surface area contributed by atoms with Crippen molar-refractivity contribution in [3.63, 3.8) is 0 Å². The number of fused-ring (bicyclic) bond motifs is 1. The molecule has 1 aliphatic heterocycles. The predicted octanol–water partition coefficient (Wildman–Crippen LogP) is 3.53. The molecule has 1 saturated carbocycles. The average molecular weight is 498 g/mol. The number of halogens is 1. The molecule has 1 aliphatic carbocycles. The van der Waals surface area contributed by atoms with E-state index < -0.39 is 39.6 Å². The van der Waals surface area contributed by atoms with Crippen molar-refractivity contribution in [3.05, 3.63) is 30.1 Å². The largest absolute Gasteiger partial charge is 0.465 e. The van der Waals surface area contributed by atoms with Gasteiger partial charge in [-0.05, 0) is 76.1 Å². The number of sulfonamides is 1. The summed E-state index contributed by atoms with van der Waals surface area (Å²) < 4.78 is 41.0. The van der Waals surface area contributed by atoms with Crippen LogP contribution in [-0.2, 0) is 14.8 Å². The van der Waals surface area contributed by atoms with Crippen molar-refractivity contribution in [3.8, 4) is 0 Å². The van der Waals surface area contributed by atoms with Crippen LogP contribution in [-0.4, -0.2) is 65.9 Å². The van der Waals surface area contributed by atoms with E-state index in [1.807, 2.05) is 6.92 Å². The van der Waals surface area contributed by atoms with Gasteiger partial charge in [0.2, 0.25) is 10.0 Å². The first-order valence-corrected chi connectivity index (χ1v) is 13.3. The van der Waals surface area contributed by atoms with Crippen LogP contribution in [0.15, 0.2) is 29.2 Å². The monoisotopic (exact) mass is 497 g/mol. The van der Waals surface area contributed by atoms with E-state index in [0.717, 1.165) is 37.7 Å². The lowest BCUT2D eigenvalue weighted by molar-refractivity contribution is -0.114. The summed E-state index contributed by atoms with van der Waals surface area (Å²) in [6.07, 6.45) is 1.90. The molecule has 8 nitrogen and oxygen atoms in total. The van der Waals surface area contributed by atoms with Gasteiger partial charge in [0.15, 0.2) is 0 Å². The summed E-state index contributed by atoms with van der Waals surface area (Å²) in [6, 6.07) is 4.71.